The molecule has 0 aliphatic carbocycles. The Hall–Kier alpha value is -3.82. The molecule has 1 aliphatic rings. The fourth-order valence-corrected chi connectivity index (χ4v) is 4.23. The molecule has 2 aromatic heterocycles. The summed E-state index contributed by atoms with van der Waals surface area (Å²) in [6.07, 6.45) is 1.69. The number of pyridine rings is 2. The lowest BCUT2D eigenvalue weighted by Gasteiger charge is -2.27. The highest BCUT2D eigenvalue weighted by Gasteiger charge is 2.34. The molecule has 31 heavy (non-hydrogen) atoms. The minimum atomic E-state index is -0.527. The van der Waals surface area contributed by atoms with Gasteiger partial charge in [-0.25, -0.2) is 4.98 Å². The van der Waals surface area contributed by atoms with Crippen molar-refractivity contribution >= 4 is 33.4 Å². The third kappa shape index (κ3) is 3.11. The van der Waals surface area contributed by atoms with E-state index < -0.39 is 5.92 Å². The van der Waals surface area contributed by atoms with E-state index in [1.807, 2.05) is 55.5 Å². The highest BCUT2D eigenvalue weighted by Crippen LogP contribution is 2.46. The molecule has 0 bridgehead atoms. The molecule has 7 heteroatoms. The van der Waals surface area contributed by atoms with Crippen LogP contribution in [0.2, 0.25) is 5.15 Å². The normalized spacial score (nSPS) is 15.5. The minimum absolute atomic E-state index is 0.0392. The molecule has 2 aromatic carbocycles. The third-order valence-corrected chi connectivity index (χ3v) is 5.65. The molecule has 0 spiro atoms. The average molecular weight is 429 g/mol. The van der Waals surface area contributed by atoms with Gasteiger partial charge < -0.3 is 15.2 Å². The number of nitrogens with zero attached hydrogens (tertiary/aromatic N) is 3. The smallest absolute Gasteiger partial charge is 0.205 e. The van der Waals surface area contributed by atoms with E-state index >= 15 is 0 Å². The third-order valence-electron chi connectivity index (χ3n) is 5.35. The second-order valence-corrected chi connectivity index (χ2v) is 7.50. The molecule has 5 rings (SSSR count). The Kier molecular flexibility index (Phi) is 4.61. The second kappa shape index (κ2) is 7.46. The van der Waals surface area contributed by atoms with Crippen molar-refractivity contribution in [1.29, 1.82) is 5.26 Å². The molecule has 4 aromatic rings. The van der Waals surface area contributed by atoms with Crippen molar-refractivity contribution in [1.82, 2.24) is 9.97 Å². The largest absolute Gasteiger partial charge is 0.494 e. The maximum Gasteiger partial charge on any atom is 0.205 e. The Balaban J connectivity index is 1.77. The van der Waals surface area contributed by atoms with Gasteiger partial charge in [0.15, 0.2) is 5.75 Å². The van der Waals surface area contributed by atoms with E-state index in [0.29, 0.717) is 28.6 Å². The van der Waals surface area contributed by atoms with Crippen molar-refractivity contribution in [3.63, 3.8) is 0 Å². The maximum absolute atomic E-state index is 9.88. The van der Waals surface area contributed by atoms with Crippen LogP contribution in [0.5, 0.6) is 11.5 Å². The summed E-state index contributed by atoms with van der Waals surface area (Å²) < 4.78 is 11.5. The molecule has 0 saturated heterocycles. The maximum atomic E-state index is 9.88. The fraction of sp³-hybridized carbons (Fsp3) is 0.125. The topological polar surface area (TPSA) is 94.0 Å². The van der Waals surface area contributed by atoms with E-state index in [0.717, 1.165) is 27.6 Å². The number of hydrogen-bond donors (Lipinski definition) is 1. The van der Waals surface area contributed by atoms with Crippen molar-refractivity contribution in [2.75, 3.05) is 6.61 Å². The molecule has 1 atom stereocenters. The van der Waals surface area contributed by atoms with E-state index in [4.69, 9.17) is 26.8 Å². The molecule has 2 N–H and O–H groups in total. The summed E-state index contributed by atoms with van der Waals surface area (Å²) in [5.41, 5.74) is 9.30. The lowest BCUT2D eigenvalue weighted by molar-refractivity contribution is 0.340. The molecule has 0 unspecified atom stereocenters. The first kappa shape index (κ1) is 19.2. The Morgan fingerprint density at radius 3 is 2.84 bits per heavy atom. The molecule has 1 aliphatic heterocycles. The van der Waals surface area contributed by atoms with Crippen molar-refractivity contribution < 1.29 is 9.47 Å². The monoisotopic (exact) mass is 428 g/mol. The van der Waals surface area contributed by atoms with Crippen LogP contribution in [0.1, 0.15) is 24.0 Å². The molecular formula is C24H17ClN4O2. The van der Waals surface area contributed by atoms with E-state index in [1.165, 1.54) is 0 Å². The molecule has 0 radical (unpaired) electrons. The molecule has 0 saturated carbocycles. The Labute approximate surface area is 183 Å². The van der Waals surface area contributed by atoms with Gasteiger partial charge in [-0.2, -0.15) is 5.26 Å². The Morgan fingerprint density at radius 1 is 1.16 bits per heavy atom. The number of allylic oxidation sites excluding steroid dienone is 1. The summed E-state index contributed by atoms with van der Waals surface area (Å²) in [7, 11) is 0. The van der Waals surface area contributed by atoms with Gasteiger partial charge in [-0.05, 0) is 37.3 Å². The van der Waals surface area contributed by atoms with Crippen LogP contribution in [-0.4, -0.2) is 16.6 Å². The molecule has 3 heterocycles. The molecular weight excluding hydrogens is 412 g/mol. The quantitative estimate of drug-likeness (QED) is 0.459. The summed E-state index contributed by atoms with van der Waals surface area (Å²) in [4.78, 5) is 9.02. The second-order valence-electron chi connectivity index (χ2n) is 7.14. The molecule has 6 nitrogen and oxygen atoms in total. The Morgan fingerprint density at radius 2 is 2.03 bits per heavy atom. The fourth-order valence-electron chi connectivity index (χ4n) is 3.98. The summed E-state index contributed by atoms with van der Waals surface area (Å²) in [5.74, 6) is 0.778. The first-order valence-electron chi connectivity index (χ1n) is 9.79. The minimum Gasteiger partial charge on any atom is -0.494 e. The van der Waals surface area contributed by atoms with Crippen molar-refractivity contribution in [2.45, 2.75) is 12.8 Å². The van der Waals surface area contributed by atoms with Crippen LogP contribution in [0.4, 0.5) is 0 Å². The molecule has 0 fully saturated rings. The van der Waals surface area contributed by atoms with Crippen molar-refractivity contribution in [3.05, 3.63) is 82.5 Å². The van der Waals surface area contributed by atoms with Gasteiger partial charge in [-0.1, -0.05) is 29.8 Å². The van der Waals surface area contributed by atoms with Crippen LogP contribution in [-0.2, 0) is 0 Å². The average Bonchev–Trinajstić information content (AvgIpc) is 2.78. The van der Waals surface area contributed by atoms with E-state index in [9.17, 15) is 5.26 Å². The van der Waals surface area contributed by atoms with Gasteiger partial charge in [-0.15, -0.1) is 0 Å². The van der Waals surface area contributed by atoms with Crippen LogP contribution in [0.3, 0.4) is 0 Å². The lowest BCUT2D eigenvalue weighted by Crippen LogP contribution is -2.21. The molecule has 152 valence electrons. The van der Waals surface area contributed by atoms with Gasteiger partial charge in [0.05, 0.1) is 18.0 Å². The first-order valence-corrected chi connectivity index (χ1v) is 10.2. The van der Waals surface area contributed by atoms with Crippen LogP contribution in [0.15, 0.2) is 66.2 Å². The van der Waals surface area contributed by atoms with Crippen LogP contribution < -0.4 is 15.2 Å². The lowest BCUT2D eigenvalue weighted by atomic mass is 9.83. The number of nitriles is 1. The van der Waals surface area contributed by atoms with Crippen LogP contribution in [0.25, 0.3) is 21.8 Å². The predicted molar refractivity (Wildman–Crippen MR) is 119 cm³/mol. The highest BCUT2D eigenvalue weighted by atomic mass is 35.5. The predicted octanol–water partition coefficient (Wildman–Crippen LogP) is 5.05. The summed E-state index contributed by atoms with van der Waals surface area (Å²) in [6.45, 7) is 2.49. The number of aromatic nitrogens is 2. The Bertz CT molecular complexity index is 1420. The van der Waals surface area contributed by atoms with Gasteiger partial charge in [0, 0.05) is 28.1 Å². The number of fused-ring (bicyclic) bond motifs is 4. The highest BCUT2D eigenvalue weighted by molar-refractivity contribution is 6.30. The van der Waals surface area contributed by atoms with Gasteiger partial charge in [-0.3, -0.25) is 4.98 Å². The van der Waals surface area contributed by atoms with E-state index in [-0.39, 0.29) is 11.5 Å². The summed E-state index contributed by atoms with van der Waals surface area (Å²) >= 11 is 6.62. The zero-order valence-electron chi connectivity index (χ0n) is 16.6. The summed E-state index contributed by atoms with van der Waals surface area (Å²) in [5, 5.41) is 12.0. The zero-order chi connectivity index (χ0) is 21.5. The summed E-state index contributed by atoms with van der Waals surface area (Å²) in [6, 6.07) is 17.4. The number of ether oxygens (including phenoxy) is 2. The zero-order valence-corrected chi connectivity index (χ0v) is 17.3. The number of hydrogen-bond acceptors (Lipinski definition) is 6. The molecule has 0 amide bonds. The van der Waals surface area contributed by atoms with Gasteiger partial charge in [0.25, 0.3) is 0 Å². The number of halogens is 1. The number of benzene rings is 2. The SMILES string of the molecule is CCOc1ccc2nc(Cl)c([C@@H]3C(C#N)=C(N)Oc4c3ccc3cccnc43)cc2c1. The van der Waals surface area contributed by atoms with E-state index in [2.05, 4.69) is 16.0 Å². The standard InChI is InChI=1S/C24H17ClN4O2/c1-2-30-15-6-8-19-14(10-15)11-17(23(25)29-19)20-16-7-5-13-4-3-9-28-21(13)22(16)31-24(27)18(20)12-26/h3-11,20H,2,27H2,1H3/t20-/m1/s1. The van der Waals surface area contributed by atoms with Gasteiger partial charge in [0.2, 0.25) is 5.88 Å². The van der Waals surface area contributed by atoms with Crippen molar-refractivity contribution in [3.8, 4) is 17.6 Å². The van der Waals surface area contributed by atoms with Crippen LogP contribution >= 0.6 is 11.6 Å². The van der Waals surface area contributed by atoms with Gasteiger partial charge in [0.1, 0.15) is 28.1 Å². The number of rotatable bonds is 3. The number of nitrogens with two attached hydrogens (primary N) is 1. The van der Waals surface area contributed by atoms with Crippen LogP contribution in [0, 0.1) is 11.3 Å². The van der Waals surface area contributed by atoms with Crippen molar-refractivity contribution in [2.24, 2.45) is 5.73 Å². The van der Waals surface area contributed by atoms with Gasteiger partial charge >= 0.3 is 0 Å². The van der Waals surface area contributed by atoms with E-state index in [1.54, 1.807) is 6.20 Å². The first-order chi connectivity index (χ1) is 15.1.